The molecule has 0 spiro atoms. The molecule has 3 saturated heterocycles. The van der Waals surface area contributed by atoms with Crippen LogP contribution in [0.2, 0.25) is 25.1 Å². The van der Waals surface area contributed by atoms with Crippen LogP contribution >= 0.6 is 58.0 Å². The van der Waals surface area contributed by atoms with Crippen LogP contribution in [0.1, 0.15) is 0 Å². The minimum atomic E-state index is 0.00546. The van der Waals surface area contributed by atoms with Crippen LogP contribution in [0, 0.1) is 0 Å². The number of halogens is 5. The summed E-state index contributed by atoms with van der Waals surface area (Å²) >= 11 is 28.8. The van der Waals surface area contributed by atoms with Gasteiger partial charge >= 0.3 is 0 Å². The zero-order chi connectivity index (χ0) is 21.0. The molecule has 0 atom stereocenters. The Kier molecular flexibility index (Phi) is 5.77. The summed E-state index contributed by atoms with van der Waals surface area (Å²) in [7, 11) is 1.72. The molecule has 1 aromatic carbocycles. The summed E-state index contributed by atoms with van der Waals surface area (Å²) in [6.45, 7) is 5.41. The third-order valence-electron chi connectivity index (χ3n) is 4.92. The summed E-state index contributed by atoms with van der Waals surface area (Å²) in [6, 6.07) is 0. The second-order valence-corrected chi connectivity index (χ2v) is 8.97. The van der Waals surface area contributed by atoms with E-state index in [9.17, 15) is 9.59 Å². The molecule has 5 rings (SSSR count). The van der Waals surface area contributed by atoms with E-state index < -0.39 is 0 Å². The SMILES string of the molecule is Bc1c(Cl)c(Cl)c(Cl)c(Cl)c1Cl.O=C1C=C(N2CC2)C(=O)C(N2CC2)=C1N1CC1. The molecule has 0 aromatic heterocycles. The molecule has 4 aliphatic rings. The standard InChI is InChI=1S/C12H13N3O2.C6H2BCl5/c16-9-7-8(13-1-2-13)12(17)11(15-5-6-15)10(9)14-3-4-14;7-1-2(8)4(10)6(12)5(11)3(1)9/h7H,1-6H2;7H2. The largest absolute Gasteiger partial charge is 0.365 e. The fraction of sp³-hybridized carbons (Fsp3) is 0.333. The Morgan fingerprint density at radius 1 is 0.655 bits per heavy atom. The number of rotatable bonds is 3. The van der Waals surface area contributed by atoms with Crippen LogP contribution in [0.4, 0.5) is 0 Å². The van der Waals surface area contributed by atoms with Crippen molar-refractivity contribution in [2.75, 3.05) is 39.3 Å². The summed E-state index contributed by atoms with van der Waals surface area (Å²) in [5.41, 5.74) is 2.52. The van der Waals surface area contributed by atoms with Crippen molar-refractivity contribution in [3.05, 3.63) is 48.3 Å². The van der Waals surface area contributed by atoms with Gasteiger partial charge in [0.25, 0.3) is 0 Å². The lowest BCUT2D eigenvalue weighted by Crippen LogP contribution is -2.29. The van der Waals surface area contributed by atoms with Gasteiger partial charge in [0.15, 0.2) is 0 Å². The van der Waals surface area contributed by atoms with Crippen LogP contribution < -0.4 is 5.46 Å². The van der Waals surface area contributed by atoms with Crippen LogP contribution in [0.15, 0.2) is 23.2 Å². The number of carbonyl (C=O) groups excluding carboxylic acids is 2. The number of carbonyl (C=O) groups is 2. The van der Waals surface area contributed by atoms with Gasteiger partial charge in [-0.3, -0.25) is 9.59 Å². The summed E-state index contributed by atoms with van der Waals surface area (Å²) in [4.78, 5) is 30.5. The van der Waals surface area contributed by atoms with E-state index in [0.29, 0.717) is 32.6 Å². The van der Waals surface area contributed by atoms with E-state index in [1.165, 1.54) is 6.08 Å². The molecule has 3 heterocycles. The molecule has 0 amide bonds. The van der Waals surface area contributed by atoms with E-state index in [1.54, 1.807) is 7.85 Å². The first-order valence-electron chi connectivity index (χ1n) is 9.00. The molecule has 0 N–H and O–H groups in total. The zero-order valence-electron chi connectivity index (χ0n) is 15.4. The maximum atomic E-state index is 12.4. The Morgan fingerprint density at radius 2 is 1.07 bits per heavy atom. The number of allylic oxidation sites excluding steroid dienone is 1. The van der Waals surface area contributed by atoms with Crippen LogP contribution in [0.5, 0.6) is 0 Å². The molecule has 1 aliphatic carbocycles. The number of hydrogen-bond acceptors (Lipinski definition) is 5. The van der Waals surface area contributed by atoms with E-state index in [-0.39, 0.29) is 26.6 Å². The van der Waals surface area contributed by atoms with Gasteiger partial charge in [-0.15, -0.1) is 0 Å². The maximum absolute atomic E-state index is 12.4. The van der Waals surface area contributed by atoms with Gasteiger partial charge in [0.05, 0.1) is 30.8 Å². The first kappa shape index (κ1) is 21.2. The molecule has 152 valence electrons. The number of ketones is 2. The Morgan fingerprint density at radius 3 is 1.52 bits per heavy atom. The van der Waals surface area contributed by atoms with Crippen molar-refractivity contribution in [3.8, 4) is 0 Å². The average Bonchev–Trinajstić information content (AvgIpc) is 3.56. The quantitative estimate of drug-likeness (QED) is 0.213. The minimum Gasteiger partial charge on any atom is -0.365 e. The fourth-order valence-electron chi connectivity index (χ4n) is 2.99. The molecule has 3 aliphatic heterocycles. The third kappa shape index (κ3) is 4.10. The van der Waals surface area contributed by atoms with E-state index in [0.717, 1.165) is 39.3 Å². The van der Waals surface area contributed by atoms with E-state index in [1.807, 2.05) is 14.7 Å². The Labute approximate surface area is 194 Å². The second kappa shape index (κ2) is 7.90. The highest BCUT2D eigenvalue weighted by Gasteiger charge is 2.43. The number of hydrogen-bond donors (Lipinski definition) is 0. The van der Waals surface area contributed by atoms with Crippen molar-refractivity contribution >= 4 is 82.9 Å². The van der Waals surface area contributed by atoms with E-state index >= 15 is 0 Å². The Hall–Kier alpha value is -1.05. The van der Waals surface area contributed by atoms with Crippen molar-refractivity contribution in [2.45, 2.75) is 0 Å². The normalized spacial score (nSPS) is 19.9. The van der Waals surface area contributed by atoms with Gasteiger partial charge in [0.2, 0.25) is 11.6 Å². The molecule has 0 bridgehead atoms. The summed E-state index contributed by atoms with van der Waals surface area (Å²) in [6.07, 6.45) is 1.52. The van der Waals surface area contributed by atoms with Gasteiger partial charge in [-0.2, -0.15) is 0 Å². The smallest absolute Gasteiger partial charge is 0.227 e. The molecule has 0 radical (unpaired) electrons. The highest BCUT2D eigenvalue weighted by molar-refractivity contribution is 6.61. The molecule has 5 nitrogen and oxygen atoms in total. The van der Waals surface area contributed by atoms with Gasteiger partial charge in [0, 0.05) is 45.3 Å². The van der Waals surface area contributed by atoms with Crippen LogP contribution in [0.25, 0.3) is 0 Å². The van der Waals surface area contributed by atoms with E-state index in [2.05, 4.69) is 0 Å². The summed E-state index contributed by atoms with van der Waals surface area (Å²) < 4.78 is 0. The Balaban J connectivity index is 0.000000152. The van der Waals surface area contributed by atoms with Crippen molar-refractivity contribution < 1.29 is 9.59 Å². The molecule has 3 fully saturated rings. The summed E-state index contributed by atoms with van der Waals surface area (Å²) in [5.74, 6) is 0.0485. The lowest BCUT2D eigenvalue weighted by atomic mass is 9.96. The molecule has 29 heavy (non-hydrogen) atoms. The highest BCUT2D eigenvalue weighted by atomic mass is 35.5. The van der Waals surface area contributed by atoms with Crippen molar-refractivity contribution in [1.82, 2.24) is 14.7 Å². The number of benzene rings is 1. The minimum absolute atomic E-state index is 0.00546. The second-order valence-electron chi connectivity index (χ2n) is 7.08. The lowest BCUT2D eigenvalue weighted by Gasteiger charge is -2.21. The Bertz CT molecular complexity index is 893. The zero-order valence-corrected chi connectivity index (χ0v) is 19.1. The average molecular weight is 493 g/mol. The fourth-order valence-corrected chi connectivity index (χ4v) is 4.22. The molecular weight excluding hydrogens is 478 g/mol. The van der Waals surface area contributed by atoms with Crippen molar-refractivity contribution in [1.29, 1.82) is 0 Å². The predicted octanol–water partition coefficient (Wildman–Crippen LogP) is 2.39. The topological polar surface area (TPSA) is 43.2 Å². The lowest BCUT2D eigenvalue weighted by molar-refractivity contribution is -0.117. The first-order valence-corrected chi connectivity index (χ1v) is 10.9. The van der Waals surface area contributed by atoms with Gasteiger partial charge in [-0.25, -0.2) is 0 Å². The number of Topliss-reactive ketones (excluding diaryl/α,β-unsaturated/α-hetero) is 1. The van der Waals surface area contributed by atoms with Gasteiger partial charge < -0.3 is 14.7 Å². The third-order valence-corrected chi connectivity index (χ3v) is 7.38. The predicted molar refractivity (Wildman–Crippen MR) is 120 cm³/mol. The summed E-state index contributed by atoms with van der Waals surface area (Å²) in [5, 5.41) is 1.36. The van der Waals surface area contributed by atoms with Gasteiger partial charge in [-0.05, 0) is 5.46 Å². The van der Waals surface area contributed by atoms with Crippen molar-refractivity contribution in [3.63, 3.8) is 0 Å². The molecule has 0 unspecified atom stereocenters. The maximum Gasteiger partial charge on any atom is 0.227 e. The highest BCUT2D eigenvalue weighted by Crippen LogP contribution is 2.38. The molecule has 0 saturated carbocycles. The van der Waals surface area contributed by atoms with Gasteiger partial charge in [0.1, 0.15) is 19.2 Å². The molecule has 11 heteroatoms. The number of nitrogens with zero attached hydrogens (tertiary/aromatic N) is 3. The molecular formula is C18H15BCl5N3O2. The van der Waals surface area contributed by atoms with Crippen molar-refractivity contribution in [2.24, 2.45) is 0 Å². The monoisotopic (exact) mass is 491 g/mol. The first-order chi connectivity index (χ1) is 13.7. The van der Waals surface area contributed by atoms with Crippen LogP contribution in [-0.2, 0) is 9.59 Å². The van der Waals surface area contributed by atoms with Crippen LogP contribution in [0.3, 0.4) is 0 Å². The van der Waals surface area contributed by atoms with Gasteiger partial charge in [-0.1, -0.05) is 58.0 Å². The van der Waals surface area contributed by atoms with Crippen LogP contribution in [-0.4, -0.2) is 73.4 Å². The molecule has 1 aromatic rings. The van der Waals surface area contributed by atoms with E-state index in [4.69, 9.17) is 58.0 Å².